The smallest absolute Gasteiger partial charge is 0.231 e. The molecule has 2 aromatic heterocycles. The fourth-order valence-electron chi connectivity index (χ4n) is 1.50. The van der Waals surface area contributed by atoms with Crippen LogP contribution in [0, 0.1) is 0 Å². The first-order chi connectivity index (χ1) is 7.33. The molecule has 0 aliphatic heterocycles. The van der Waals surface area contributed by atoms with E-state index in [0.717, 1.165) is 17.8 Å². The van der Waals surface area contributed by atoms with E-state index in [9.17, 15) is 0 Å². The van der Waals surface area contributed by atoms with E-state index in [-0.39, 0.29) is 0 Å². The molecule has 0 aromatic carbocycles. The van der Waals surface area contributed by atoms with Gasteiger partial charge in [-0.05, 0) is 18.9 Å². The number of fused-ring (bicyclic) bond motifs is 1. The summed E-state index contributed by atoms with van der Waals surface area (Å²) in [5.41, 5.74) is 1.97. The second kappa shape index (κ2) is 4.29. The first-order valence-corrected chi connectivity index (χ1v) is 5.23. The summed E-state index contributed by atoms with van der Waals surface area (Å²) in [6, 6.07) is 3.74. The molecule has 4 nitrogen and oxygen atoms in total. The number of unbranched alkanes of at least 4 members (excludes halogenated alkanes) is 1. The van der Waals surface area contributed by atoms with Crippen molar-refractivity contribution in [3.8, 4) is 5.88 Å². The Hall–Kier alpha value is -1.58. The Bertz CT molecular complexity index is 450. The van der Waals surface area contributed by atoms with E-state index in [1.807, 2.05) is 18.3 Å². The van der Waals surface area contributed by atoms with Crippen LogP contribution in [0.4, 0.5) is 0 Å². The molecule has 0 fully saturated rings. The molecule has 0 amide bonds. The van der Waals surface area contributed by atoms with Crippen LogP contribution in [0.2, 0.25) is 0 Å². The molecule has 2 heterocycles. The van der Waals surface area contributed by atoms with Gasteiger partial charge < -0.3 is 4.74 Å². The predicted molar refractivity (Wildman–Crippen MR) is 58.2 cm³/mol. The minimum Gasteiger partial charge on any atom is -0.480 e. The molecule has 0 radical (unpaired) electrons. The van der Waals surface area contributed by atoms with Gasteiger partial charge in [-0.3, -0.25) is 0 Å². The van der Waals surface area contributed by atoms with Crippen molar-refractivity contribution in [2.75, 3.05) is 7.11 Å². The van der Waals surface area contributed by atoms with Crippen LogP contribution in [-0.4, -0.2) is 21.7 Å². The normalized spacial score (nSPS) is 10.8. The third-order valence-electron chi connectivity index (χ3n) is 2.34. The van der Waals surface area contributed by atoms with Gasteiger partial charge in [0.1, 0.15) is 0 Å². The molecule has 2 aromatic rings. The number of aryl methyl sites for hydroxylation is 1. The van der Waals surface area contributed by atoms with E-state index >= 15 is 0 Å². The molecular weight excluding hydrogens is 190 g/mol. The van der Waals surface area contributed by atoms with Crippen LogP contribution in [0.25, 0.3) is 5.65 Å². The summed E-state index contributed by atoms with van der Waals surface area (Å²) in [5, 5.41) is 4.25. The number of hydrogen-bond donors (Lipinski definition) is 0. The molecule has 0 spiro atoms. The highest BCUT2D eigenvalue weighted by Crippen LogP contribution is 2.10. The summed E-state index contributed by atoms with van der Waals surface area (Å²) in [7, 11) is 1.61. The van der Waals surface area contributed by atoms with Crippen molar-refractivity contribution in [1.82, 2.24) is 14.6 Å². The monoisotopic (exact) mass is 205 g/mol. The molecule has 0 atom stereocenters. The largest absolute Gasteiger partial charge is 0.480 e. The summed E-state index contributed by atoms with van der Waals surface area (Å²) in [6.45, 7) is 2.18. The predicted octanol–water partition coefficient (Wildman–Crippen LogP) is 2.08. The van der Waals surface area contributed by atoms with E-state index in [2.05, 4.69) is 17.0 Å². The lowest BCUT2D eigenvalue weighted by atomic mass is 10.2. The third-order valence-corrected chi connectivity index (χ3v) is 2.34. The standard InChI is InChI=1S/C11H15N3O/c1-3-4-5-9-8-14-10(12-9)6-7-11(13-14)15-2/h6-8H,3-5H2,1-2H3. The maximum atomic E-state index is 5.05. The van der Waals surface area contributed by atoms with Crippen LogP contribution < -0.4 is 4.74 Å². The van der Waals surface area contributed by atoms with Crippen molar-refractivity contribution >= 4 is 5.65 Å². The van der Waals surface area contributed by atoms with Gasteiger partial charge in [0.2, 0.25) is 5.88 Å². The maximum absolute atomic E-state index is 5.05. The number of hydrogen-bond acceptors (Lipinski definition) is 3. The zero-order chi connectivity index (χ0) is 10.7. The van der Waals surface area contributed by atoms with E-state index in [0.29, 0.717) is 5.88 Å². The minimum atomic E-state index is 0.613. The van der Waals surface area contributed by atoms with Crippen molar-refractivity contribution in [3.05, 3.63) is 24.0 Å². The molecule has 0 saturated carbocycles. The second-order valence-electron chi connectivity index (χ2n) is 3.51. The Morgan fingerprint density at radius 3 is 3.00 bits per heavy atom. The van der Waals surface area contributed by atoms with E-state index in [1.54, 1.807) is 11.6 Å². The Labute approximate surface area is 88.9 Å². The first-order valence-electron chi connectivity index (χ1n) is 5.23. The molecule has 0 aliphatic carbocycles. The first kappa shape index (κ1) is 9.96. The van der Waals surface area contributed by atoms with E-state index in [4.69, 9.17) is 4.74 Å². The molecule has 0 aliphatic rings. The average Bonchev–Trinajstić information content (AvgIpc) is 2.67. The fourth-order valence-corrected chi connectivity index (χ4v) is 1.50. The molecule has 4 heteroatoms. The summed E-state index contributed by atoms with van der Waals surface area (Å²) in [5.74, 6) is 0.613. The molecule has 15 heavy (non-hydrogen) atoms. The Balaban J connectivity index is 2.29. The zero-order valence-electron chi connectivity index (χ0n) is 9.10. The third kappa shape index (κ3) is 2.09. The second-order valence-corrected chi connectivity index (χ2v) is 3.51. The Kier molecular flexibility index (Phi) is 2.85. The van der Waals surface area contributed by atoms with E-state index in [1.165, 1.54) is 12.8 Å². The van der Waals surface area contributed by atoms with Crippen LogP contribution in [0.1, 0.15) is 25.5 Å². The number of aromatic nitrogens is 3. The van der Waals surface area contributed by atoms with Crippen LogP contribution in [0.15, 0.2) is 18.3 Å². The highest BCUT2D eigenvalue weighted by Gasteiger charge is 2.02. The molecular formula is C11H15N3O. The number of nitrogens with zero attached hydrogens (tertiary/aromatic N) is 3. The molecule has 2 rings (SSSR count). The number of ether oxygens (including phenoxy) is 1. The molecule has 0 bridgehead atoms. The lowest BCUT2D eigenvalue weighted by molar-refractivity contribution is 0.390. The summed E-state index contributed by atoms with van der Waals surface area (Å²) >= 11 is 0. The van der Waals surface area contributed by atoms with Gasteiger partial charge in [0.05, 0.1) is 19.0 Å². The van der Waals surface area contributed by atoms with Gasteiger partial charge in [-0.2, -0.15) is 0 Å². The van der Waals surface area contributed by atoms with Crippen molar-refractivity contribution in [2.24, 2.45) is 0 Å². The van der Waals surface area contributed by atoms with Gasteiger partial charge in [0.25, 0.3) is 0 Å². The van der Waals surface area contributed by atoms with E-state index < -0.39 is 0 Å². The number of methoxy groups -OCH3 is 1. The summed E-state index contributed by atoms with van der Waals surface area (Å²) in [4.78, 5) is 4.47. The van der Waals surface area contributed by atoms with Gasteiger partial charge in [-0.1, -0.05) is 13.3 Å². The van der Waals surface area contributed by atoms with Crippen LogP contribution >= 0.6 is 0 Å². The van der Waals surface area contributed by atoms with Gasteiger partial charge in [0.15, 0.2) is 5.65 Å². The SMILES string of the molecule is CCCCc1cn2nc(OC)ccc2n1. The van der Waals surface area contributed by atoms with Gasteiger partial charge in [-0.15, -0.1) is 5.10 Å². The van der Waals surface area contributed by atoms with Gasteiger partial charge in [-0.25, -0.2) is 9.50 Å². The van der Waals surface area contributed by atoms with Crippen molar-refractivity contribution in [2.45, 2.75) is 26.2 Å². The highest BCUT2D eigenvalue weighted by atomic mass is 16.5. The zero-order valence-corrected chi connectivity index (χ0v) is 9.10. The summed E-state index contributed by atoms with van der Waals surface area (Å²) in [6.07, 6.45) is 5.33. The van der Waals surface area contributed by atoms with Crippen LogP contribution in [0.3, 0.4) is 0 Å². The lowest BCUT2D eigenvalue weighted by Crippen LogP contribution is -1.93. The summed E-state index contributed by atoms with van der Waals surface area (Å²) < 4.78 is 6.82. The molecule has 0 N–H and O–H groups in total. The maximum Gasteiger partial charge on any atom is 0.231 e. The number of rotatable bonds is 4. The number of imidazole rings is 1. The molecule has 80 valence electrons. The van der Waals surface area contributed by atoms with Crippen LogP contribution in [-0.2, 0) is 6.42 Å². The highest BCUT2D eigenvalue weighted by molar-refractivity contribution is 5.39. The average molecular weight is 205 g/mol. The van der Waals surface area contributed by atoms with Crippen molar-refractivity contribution < 1.29 is 4.74 Å². The fraction of sp³-hybridized carbons (Fsp3) is 0.455. The molecule has 0 unspecified atom stereocenters. The molecule has 0 saturated heterocycles. The van der Waals surface area contributed by atoms with Crippen molar-refractivity contribution in [1.29, 1.82) is 0 Å². The van der Waals surface area contributed by atoms with Gasteiger partial charge >= 0.3 is 0 Å². The van der Waals surface area contributed by atoms with Gasteiger partial charge in [0, 0.05) is 6.07 Å². The topological polar surface area (TPSA) is 39.4 Å². The Morgan fingerprint density at radius 1 is 1.40 bits per heavy atom. The van der Waals surface area contributed by atoms with Crippen molar-refractivity contribution in [3.63, 3.8) is 0 Å². The lowest BCUT2D eigenvalue weighted by Gasteiger charge is -1.96. The minimum absolute atomic E-state index is 0.613. The Morgan fingerprint density at radius 2 is 2.27 bits per heavy atom. The quantitative estimate of drug-likeness (QED) is 0.767. The van der Waals surface area contributed by atoms with Crippen LogP contribution in [0.5, 0.6) is 5.88 Å².